The summed E-state index contributed by atoms with van der Waals surface area (Å²) in [5.74, 6) is 1.49. The molecule has 160 valence electrons. The lowest BCUT2D eigenvalue weighted by Crippen LogP contribution is -3.15. The number of rotatable bonds is 6. The second-order valence-electron chi connectivity index (χ2n) is 8.64. The maximum absolute atomic E-state index is 12.7. The van der Waals surface area contributed by atoms with Gasteiger partial charge in [-0.3, -0.25) is 18.9 Å². The summed E-state index contributed by atoms with van der Waals surface area (Å²) in [4.78, 5) is 35.9. The highest BCUT2D eigenvalue weighted by Gasteiger charge is 2.26. The molecular formula is C22H31N6O2+. The van der Waals surface area contributed by atoms with Crippen molar-refractivity contribution < 1.29 is 4.90 Å². The summed E-state index contributed by atoms with van der Waals surface area (Å²) in [6, 6.07) is 10.0. The van der Waals surface area contributed by atoms with Crippen molar-refractivity contribution in [1.29, 1.82) is 0 Å². The molecule has 4 rings (SSSR count). The lowest BCUT2D eigenvalue weighted by Gasteiger charge is -2.33. The largest absolute Gasteiger partial charge is 0.332 e. The second kappa shape index (κ2) is 8.47. The number of H-pyrrole nitrogens is 1. The van der Waals surface area contributed by atoms with Crippen LogP contribution in [-0.2, 0) is 13.6 Å². The summed E-state index contributed by atoms with van der Waals surface area (Å²) in [6.45, 7) is 10.1. The zero-order valence-electron chi connectivity index (χ0n) is 18.0. The minimum atomic E-state index is -0.439. The Balaban J connectivity index is 1.70. The first-order valence-corrected chi connectivity index (χ1v) is 10.8. The molecule has 2 N–H and O–H groups in total. The summed E-state index contributed by atoms with van der Waals surface area (Å²) in [6.07, 6.45) is 1.24. The van der Waals surface area contributed by atoms with Crippen molar-refractivity contribution in [3.8, 4) is 0 Å². The monoisotopic (exact) mass is 411 g/mol. The molecule has 0 saturated carbocycles. The van der Waals surface area contributed by atoms with Gasteiger partial charge in [-0.05, 0) is 17.9 Å². The number of anilines is 1. The lowest BCUT2D eigenvalue weighted by atomic mass is 10.1. The first-order chi connectivity index (χ1) is 14.4. The van der Waals surface area contributed by atoms with E-state index in [0.29, 0.717) is 17.7 Å². The Labute approximate surface area is 175 Å². The highest BCUT2D eigenvalue weighted by Crippen LogP contribution is 2.21. The van der Waals surface area contributed by atoms with E-state index < -0.39 is 5.69 Å². The van der Waals surface area contributed by atoms with Gasteiger partial charge in [0.15, 0.2) is 11.2 Å². The van der Waals surface area contributed by atoms with E-state index in [-0.39, 0.29) is 5.56 Å². The van der Waals surface area contributed by atoms with Gasteiger partial charge < -0.3 is 9.80 Å². The third-order valence-corrected chi connectivity index (χ3v) is 6.00. The van der Waals surface area contributed by atoms with Crippen LogP contribution in [0.4, 0.5) is 5.95 Å². The standard InChI is InChI=1S/C22H30N6O2/c1-16(2)9-10-26-11-13-27(14-12-26)21-23-19-18(20(29)24-22(30)25(19)3)28(21)15-17-7-5-4-6-8-17/h4-8,16H,9-15H2,1-3H3,(H,24,29,30)/p+1. The van der Waals surface area contributed by atoms with Crippen LogP contribution in [0.1, 0.15) is 25.8 Å². The van der Waals surface area contributed by atoms with Crippen LogP contribution in [0.15, 0.2) is 39.9 Å². The number of benzene rings is 1. The van der Waals surface area contributed by atoms with Gasteiger partial charge in [0, 0.05) is 7.05 Å². The van der Waals surface area contributed by atoms with Crippen molar-refractivity contribution in [1.82, 2.24) is 19.1 Å². The van der Waals surface area contributed by atoms with E-state index in [1.807, 2.05) is 34.9 Å². The molecule has 8 nitrogen and oxygen atoms in total. The van der Waals surface area contributed by atoms with Gasteiger partial charge in [-0.15, -0.1) is 0 Å². The zero-order chi connectivity index (χ0) is 21.3. The van der Waals surface area contributed by atoms with E-state index in [9.17, 15) is 9.59 Å². The average molecular weight is 412 g/mol. The van der Waals surface area contributed by atoms with Gasteiger partial charge in [0.25, 0.3) is 5.56 Å². The fourth-order valence-corrected chi connectivity index (χ4v) is 4.15. The number of nitrogens with zero attached hydrogens (tertiary/aromatic N) is 4. The van der Waals surface area contributed by atoms with Crippen molar-refractivity contribution in [3.05, 3.63) is 56.7 Å². The Bertz CT molecular complexity index is 1120. The Morgan fingerprint density at radius 3 is 2.50 bits per heavy atom. The van der Waals surface area contributed by atoms with E-state index in [1.54, 1.807) is 11.9 Å². The molecule has 3 aromatic rings. The van der Waals surface area contributed by atoms with Gasteiger partial charge in [-0.25, -0.2) is 4.79 Å². The molecule has 3 heterocycles. The number of aryl methyl sites for hydroxylation is 1. The van der Waals surface area contributed by atoms with Gasteiger partial charge in [-0.2, -0.15) is 4.98 Å². The molecule has 1 aliphatic heterocycles. The number of piperazine rings is 1. The zero-order valence-corrected chi connectivity index (χ0v) is 18.0. The predicted octanol–water partition coefficient (Wildman–Crippen LogP) is 0.223. The van der Waals surface area contributed by atoms with Gasteiger partial charge in [0.2, 0.25) is 5.95 Å². The first-order valence-electron chi connectivity index (χ1n) is 10.8. The number of hydrogen-bond donors (Lipinski definition) is 2. The number of hydrogen-bond acceptors (Lipinski definition) is 4. The number of quaternary nitrogens is 1. The molecule has 0 spiro atoms. The summed E-state index contributed by atoms with van der Waals surface area (Å²) in [5.41, 5.74) is 1.15. The molecule has 1 aromatic carbocycles. The van der Waals surface area contributed by atoms with E-state index in [1.165, 1.54) is 17.5 Å². The molecule has 0 unspecified atom stereocenters. The number of nitrogens with one attached hydrogen (secondary N) is 2. The number of imidazole rings is 1. The minimum Gasteiger partial charge on any atom is -0.332 e. The van der Waals surface area contributed by atoms with Gasteiger partial charge in [-0.1, -0.05) is 44.2 Å². The van der Waals surface area contributed by atoms with E-state index in [0.717, 1.165) is 43.6 Å². The Morgan fingerprint density at radius 2 is 1.83 bits per heavy atom. The molecule has 8 heteroatoms. The van der Waals surface area contributed by atoms with Crippen LogP contribution in [0.2, 0.25) is 0 Å². The van der Waals surface area contributed by atoms with Gasteiger partial charge >= 0.3 is 5.69 Å². The molecule has 0 atom stereocenters. The third kappa shape index (κ3) is 4.05. The van der Waals surface area contributed by atoms with Crippen molar-refractivity contribution in [2.24, 2.45) is 13.0 Å². The highest BCUT2D eigenvalue weighted by molar-refractivity contribution is 5.74. The summed E-state index contributed by atoms with van der Waals surface area (Å²) >= 11 is 0. The Morgan fingerprint density at radius 1 is 1.13 bits per heavy atom. The highest BCUT2D eigenvalue weighted by atomic mass is 16.2. The average Bonchev–Trinajstić information content (AvgIpc) is 3.11. The number of aromatic nitrogens is 4. The first kappa shape index (κ1) is 20.4. The topological polar surface area (TPSA) is 80.4 Å². The predicted molar refractivity (Wildman–Crippen MR) is 118 cm³/mol. The van der Waals surface area contributed by atoms with E-state index >= 15 is 0 Å². The van der Waals surface area contributed by atoms with Gasteiger partial charge in [0.1, 0.15) is 0 Å². The molecular weight excluding hydrogens is 380 g/mol. The summed E-state index contributed by atoms with van der Waals surface area (Å²) in [7, 11) is 1.65. The van der Waals surface area contributed by atoms with Crippen molar-refractivity contribution in [2.45, 2.75) is 26.8 Å². The Hall–Kier alpha value is -2.87. The van der Waals surface area contributed by atoms with Crippen LogP contribution in [0.5, 0.6) is 0 Å². The molecule has 2 aromatic heterocycles. The van der Waals surface area contributed by atoms with Crippen molar-refractivity contribution >= 4 is 17.1 Å². The molecule has 30 heavy (non-hydrogen) atoms. The minimum absolute atomic E-state index is 0.385. The Kier molecular flexibility index (Phi) is 5.76. The van der Waals surface area contributed by atoms with Crippen LogP contribution < -0.4 is 21.0 Å². The SMILES string of the molecule is CC(C)CC[NH+]1CCN(c2nc3c(c(=O)[nH]c(=O)n3C)n2Cc2ccccc2)CC1. The van der Waals surface area contributed by atoms with Crippen molar-refractivity contribution in [2.75, 3.05) is 37.6 Å². The quantitative estimate of drug-likeness (QED) is 0.608. The number of aromatic amines is 1. The maximum atomic E-state index is 12.7. The van der Waals surface area contributed by atoms with Crippen molar-refractivity contribution in [3.63, 3.8) is 0 Å². The summed E-state index contributed by atoms with van der Waals surface area (Å²) in [5, 5.41) is 0. The third-order valence-electron chi connectivity index (χ3n) is 6.00. The van der Waals surface area contributed by atoms with E-state index in [2.05, 4.69) is 23.7 Å². The van der Waals surface area contributed by atoms with Crippen LogP contribution in [0.25, 0.3) is 11.2 Å². The molecule has 1 aliphatic rings. The fraction of sp³-hybridized carbons (Fsp3) is 0.500. The van der Waals surface area contributed by atoms with E-state index in [4.69, 9.17) is 4.98 Å². The number of fused-ring (bicyclic) bond motifs is 1. The van der Waals surface area contributed by atoms with Crippen LogP contribution in [0.3, 0.4) is 0 Å². The molecule has 1 saturated heterocycles. The second-order valence-corrected chi connectivity index (χ2v) is 8.64. The van der Waals surface area contributed by atoms with Crippen LogP contribution in [-0.4, -0.2) is 51.8 Å². The molecule has 0 amide bonds. The molecule has 1 fully saturated rings. The molecule has 0 bridgehead atoms. The van der Waals surface area contributed by atoms with Gasteiger partial charge in [0.05, 0.1) is 39.3 Å². The normalized spacial score (nSPS) is 15.4. The molecule has 0 aliphatic carbocycles. The maximum Gasteiger partial charge on any atom is 0.329 e. The van der Waals surface area contributed by atoms with Crippen LogP contribution >= 0.6 is 0 Å². The smallest absolute Gasteiger partial charge is 0.329 e. The van der Waals surface area contributed by atoms with Crippen LogP contribution in [0, 0.1) is 5.92 Å². The fourth-order valence-electron chi connectivity index (χ4n) is 4.15. The summed E-state index contributed by atoms with van der Waals surface area (Å²) < 4.78 is 3.38. The lowest BCUT2D eigenvalue weighted by molar-refractivity contribution is -0.901. The molecule has 0 radical (unpaired) electrons.